The first kappa shape index (κ1) is 14.7. The minimum Gasteiger partial charge on any atom is -0.427 e. The van der Waals surface area contributed by atoms with Crippen molar-refractivity contribution >= 4 is 34.2 Å². The molecule has 2 N–H and O–H groups in total. The van der Waals surface area contributed by atoms with Gasteiger partial charge in [0, 0.05) is 15.2 Å². The zero-order chi connectivity index (χ0) is 14.0. The van der Waals surface area contributed by atoms with Gasteiger partial charge in [0.1, 0.15) is 0 Å². The lowest BCUT2D eigenvalue weighted by Gasteiger charge is -2.09. The summed E-state index contributed by atoms with van der Waals surface area (Å²) in [5, 5.41) is 4.72. The van der Waals surface area contributed by atoms with Crippen molar-refractivity contribution in [1.29, 1.82) is 0 Å². The molecule has 0 spiro atoms. The first-order valence-electron chi connectivity index (χ1n) is 6.85. The fourth-order valence-corrected chi connectivity index (χ4v) is 4.69. The molecule has 0 aliphatic heterocycles. The Bertz CT molecular complexity index is 557. The molecule has 1 aromatic carbocycles. The summed E-state index contributed by atoms with van der Waals surface area (Å²) >= 11 is 1.74. The van der Waals surface area contributed by atoms with Gasteiger partial charge in [-0.1, -0.05) is 26.0 Å². The van der Waals surface area contributed by atoms with Crippen molar-refractivity contribution < 1.29 is 4.80 Å². The van der Waals surface area contributed by atoms with Crippen LogP contribution < -0.4 is 9.82 Å². The topological polar surface area (TPSA) is 32.3 Å². The van der Waals surface area contributed by atoms with E-state index in [0.717, 1.165) is 13.0 Å². The second kappa shape index (κ2) is 5.75. The zero-order valence-corrected chi connectivity index (χ0v) is 14.0. The third kappa shape index (κ3) is 3.89. The Balaban J connectivity index is 2.16. The molecule has 104 valence electrons. The average Bonchev–Trinajstić information content (AvgIpc) is 2.71. The standard InChI is InChI=1S/C15H23NOSSi/c1-11(2)16-8-7-12-5-6-14-13(9-12)10-15(18-14)19(3,4)17/h5-6,9-11,16-17H,7-8H2,1-4H3. The van der Waals surface area contributed by atoms with Crippen LogP contribution >= 0.6 is 11.3 Å². The summed E-state index contributed by atoms with van der Waals surface area (Å²) in [6.45, 7) is 9.31. The van der Waals surface area contributed by atoms with Gasteiger partial charge >= 0.3 is 0 Å². The van der Waals surface area contributed by atoms with Crippen LogP contribution in [0.2, 0.25) is 13.1 Å². The van der Waals surface area contributed by atoms with Gasteiger partial charge in [0.05, 0.1) is 0 Å². The summed E-state index contributed by atoms with van der Waals surface area (Å²) in [5.74, 6) is 0. The van der Waals surface area contributed by atoms with E-state index in [9.17, 15) is 4.80 Å². The minimum absolute atomic E-state index is 0.540. The smallest absolute Gasteiger partial charge is 0.224 e. The molecule has 0 atom stereocenters. The van der Waals surface area contributed by atoms with Gasteiger partial charge in [0.2, 0.25) is 8.32 Å². The number of benzene rings is 1. The van der Waals surface area contributed by atoms with Crippen molar-refractivity contribution in [2.45, 2.75) is 39.4 Å². The molecule has 0 saturated carbocycles. The van der Waals surface area contributed by atoms with E-state index < -0.39 is 8.32 Å². The Hall–Kier alpha value is -0.683. The van der Waals surface area contributed by atoms with Crippen molar-refractivity contribution in [3.8, 4) is 0 Å². The van der Waals surface area contributed by atoms with Gasteiger partial charge < -0.3 is 10.1 Å². The summed E-state index contributed by atoms with van der Waals surface area (Å²) in [6.07, 6.45) is 1.05. The number of hydrogen-bond donors (Lipinski definition) is 2. The molecular weight excluding hydrogens is 270 g/mol. The molecule has 1 aromatic heterocycles. The maximum atomic E-state index is 10.2. The summed E-state index contributed by atoms with van der Waals surface area (Å²) in [6, 6.07) is 9.37. The monoisotopic (exact) mass is 293 g/mol. The number of fused-ring (bicyclic) bond motifs is 1. The van der Waals surface area contributed by atoms with Gasteiger partial charge in [-0.25, -0.2) is 0 Å². The predicted molar refractivity (Wildman–Crippen MR) is 88.0 cm³/mol. The van der Waals surface area contributed by atoms with E-state index in [2.05, 4.69) is 43.4 Å². The normalized spacial score (nSPS) is 12.5. The zero-order valence-electron chi connectivity index (χ0n) is 12.2. The van der Waals surface area contributed by atoms with Gasteiger partial charge in [0.25, 0.3) is 0 Å². The third-order valence-electron chi connectivity index (χ3n) is 3.15. The quantitative estimate of drug-likeness (QED) is 0.831. The molecule has 2 aromatic rings. The molecule has 0 unspecified atom stereocenters. The van der Waals surface area contributed by atoms with Crippen molar-refractivity contribution in [2.24, 2.45) is 0 Å². The Morgan fingerprint density at radius 1 is 1.26 bits per heavy atom. The van der Waals surface area contributed by atoms with E-state index in [0.29, 0.717) is 6.04 Å². The summed E-state index contributed by atoms with van der Waals surface area (Å²) in [7, 11) is -2.17. The van der Waals surface area contributed by atoms with Crippen molar-refractivity contribution in [3.05, 3.63) is 29.8 Å². The van der Waals surface area contributed by atoms with Crippen LogP contribution in [0.25, 0.3) is 10.1 Å². The van der Waals surface area contributed by atoms with E-state index in [1.165, 1.54) is 20.2 Å². The molecule has 0 aliphatic rings. The van der Waals surface area contributed by atoms with Crippen LogP contribution in [0.3, 0.4) is 0 Å². The third-order valence-corrected chi connectivity index (χ3v) is 7.23. The molecule has 0 bridgehead atoms. The fourth-order valence-electron chi connectivity index (χ4n) is 2.06. The molecule has 0 radical (unpaired) electrons. The first-order chi connectivity index (χ1) is 8.86. The van der Waals surface area contributed by atoms with Crippen molar-refractivity contribution in [2.75, 3.05) is 6.54 Å². The van der Waals surface area contributed by atoms with Gasteiger partial charge in [0.15, 0.2) is 0 Å². The predicted octanol–water partition coefficient (Wildman–Crippen LogP) is 2.85. The minimum atomic E-state index is -2.17. The van der Waals surface area contributed by atoms with Crippen LogP contribution in [0, 0.1) is 0 Å². The number of rotatable bonds is 5. The molecule has 2 rings (SSSR count). The van der Waals surface area contributed by atoms with E-state index in [1.807, 2.05) is 13.1 Å². The van der Waals surface area contributed by atoms with E-state index in [1.54, 1.807) is 11.3 Å². The molecule has 0 saturated heterocycles. The molecule has 0 aliphatic carbocycles. The molecular formula is C15H23NOSSi. The number of hydrogen-bond acceptors (Lipinski definition) is 3. The maximum Gasteiger partial charge on any atom is 0.224 e. The van der Waals surface area contributed by atoms with Crippen molar-refractivity contribution in [1.82, 2.24) is 5.32 Å². The summed E-state index contributed by atoms with van der Waals surface area (Å²) in [5.41, 5.74) is 1.36. The second-order valence-electron chi connectivity index (χ2n) is 5.90. The molecule has 19 heavy (non-hydrogen) atoms. The average molecular weight is 294 g/mol. The summed E-state index contributed by atoms with van der Waals surface area (Å²) in [4.78, 5) is 10.2. The highest BCUT2D eigenvalue weighted by molar-refractivity contribution is 7.30. The highest BCUT2D eigenvalue weighted by Crippen LogP contribution is 2.22. The molecule has 4 heteroatoms. The molecule has 1 heterocycles. The highest BCUT2D eigenvalue weighted by Gasteiger charge is 2.22. The molecule has 2 nitrogen and oxygen atoms in total. The largest absolute Gasteiger partial charge is 0.427 e. The Kier molecular flexibility index (Phi) is 4.45. The van der Waals surface area contributed by atoms with E-state index in [-0.39, 0.29) is 0 Å². The van der Waals surface area contributed by atoms with Gasteiger partial charge in [-0.2, -0.15) is 0 Å². The lowest BCUT2D eigenvalue weighted by atomic mass is 10.1. The Labute approximate surface area is 120 Å². The Morgan fingerprint density at radius 2 is 2.00 bits per heavy atom. The maximum absolute atomic E-state index is 10.2. The van der Waals surface area contributed by atoms with Gasteiger partial charge in [-0.05, 0) is 49.1 Å². The summed E-state index contributed by atoms with van der Waals surface area (Å²) < 4.78 is 2.45. The van der Waals surface area contributed by atoms with Crippen LogP contribution in [0.15, 0.2) is 24.3 Å². The van der Waals surface area contributed by atoms with Crippen LogP contribution in [0.4, 0.5) is 0 Å². The number of thiophene rings is 1. The van der Waals surface area contributed by atoms with Crippen LogP contribution in [-0.2, 0) is 6.42 Å². The lowest BCUT2D eigenvalue weighted by Crippen LogP contribution is -2.38. The second-order valence-corrected chi connectivity index (χ2v) is 11.0. The first-order valence-corrected chi connectivity index (χ1v) is 10.6. The highest BCUT2D eigenvalue weighted by atomic mass is 32.1. The van der Waals surface area contributed by atoms with Gasteiger partial charge in [-0.3, -0.25) is 0 Å². The lowest BCUT2D eigenvalue weighted by molar-refractivity contribution is 0.569. The van der Waals surface area contributed by atoms with Crippen molar-refractivity contribution in [3.63, 3.8) is 0 Å². The van der Waals surface area contributed by atoms with E-state index >= 15 is 0 Å². The van der Waals surface area contributed by atoms with Crippen LogP contribution in [0.1, 0.15) is 19.4 Å². The fraction of sp³-hybridized carbons (Fsp3) is 0.467. The van der Waals surface area contributed by atoms with Gasteiger partial charge in [-0.15, -0.1) is 11.3 Å². The Morgan fingerprint density at radius 3 is 2.63 bits per heavy atom. The van der Waals surface area contributed by atoms with Crippen LogP contribution in [-0.4, -0.2) is 25.7 Å². The SMILES string of the molecule is CC(C)NCCc1ccc2sc([Si](C)(C)O)cc2c1. The molecule has 0 amide bonds. The van der Waals surface area contributed by atoms with E-state index in [4.69, 9.17) is 0 Å². The van der Waals surface area contributed by atoms with Crippen LogP contribution in [0.5, 0.6) is 0 Å². The molecule has 0 fully saturated rings. The number of nitrogens with one attached hydrogen (secondary N) is 1.